The molecule has 5 nitrogen and oxygen atoms in total. The van der Waals surface area contributed by atoms with Crippen molar-refractivity contribution in [3.05, 3.63) is 76.5 Å². The molecule has 1 aliphatic carbocycles. The largest absolute Gasteiger partial charge is 0.376 e. The van der Waals surface area contributed by atoms with Crippen molar-refractivity contribution in [2.75, 3.05) is 6.61 Å². The Morgan fingerprint density at radius 3 is 2.73 bits per heavy atom. The van der Waals surface area contributed by atoms with Gasteiger partial charge in [0.1, 0.15) is 12.2 Å². The summed E-state index contributed by atoms with van der Waals surface area (Å²) in [5.74, 6) is 1.51. The highest BCUT2D eigenvalue weighted by Gasteiger charge is 2.50. The fraction of sp³-hybridized carbons (Fsp3) is 0.350. The van der Waals surface area contributed by atoms with Gasteiger partial charge in [-0.15, -0.1) is 10.2 Å². The smallest absolute Gasteiger partial charge is 0.143 e. The van der Waals surface area contributed by atoms with Crippen molar-refractivity contribution in [2.45, 2.75) is 24.9 Å². The zero-order valence-corrected chi connectivity index (χ0v) is 16.3. The standard InChI is InChI=1S/C20H21BrN4O/c1-25-14-23-24-19(25)20(17-7-18(21)11-22-10-17)8-16(9-20)13-26-12-15-5-3-2-4-6-15/h2-7,10-11,14,16H,8-9,12-13H2,1H3. The van der Waals surface area contributed by atoms with Crippen LogP contribution in [0.2, 0.25) is 0 Å². The predicted molar refractivity (Wildman–Crippen MR) is 103 cm³/mol. The second-order valence-corrected chi connectivity index (χ2v) is 7.93. The molecule has 26 heavy (non-hydrogen) atoms. The van der Waals surface area contributed by atoms with Crippen molar-refractivity contribution in [1.29, 1.82) is 0 Å². The van der Waals surface area contributed by atoms with Gasteiger partial charge in [-0.2, -0.15) is 0 Å². The number of rotatable bonds is 6. The highest BCUT2D eigenvalue weighted by Crippen LogP contribution is 2.51. The molecule has 0 amide bonds. The third-order valence-corrected chi connectivity index (χ3v) is 5.57. The van der Waals surface area contributed by atoms with E-state index in [0.29, 0.717) is 12.5 Å². The number of aromatic nitrogens is 4. The van der Waals surface area contributed by atoms with Crippen molar-refractivity contribution >= 4 is 15.9 Å². The van der Waals surface area contributed by atoms with E-state index >= 15 is 0 Å². The van der Waals surface area contributed by atoms with Crippen LogP contribution in [0.25, 0.3) is 0 Å². The molecule has 0 aliphatic heterocycles. The number of pyridine rings is 1. The fourth-order valence-corrected chi connectivity index (χ4v) is 4.26. The van der Waals surface area contributed by atoms with Gasteiger partial charge in [0.05, 0.1) is 12.0 Å². The van der Waals surface area contributed by atoms with Crippen molar-refractivity contribution in [3.63, 3.8) is 0 Å². The first-order valence-corrected chi connectivity index (χ1v) is 9.54. The zero-order chi connectivity index (χ0) is 18.0. The fourth-order valence-electron chi connectivity index (χ4n) is 3.90. The summed E-state index contributed by atoms with van der Waals surface area (Å²) in [4.78, 5) is 4.36. The van der Waals surface area contributed by atoms with Gasteiger partial charge in [0.2, 0.25) is 0 Å². The number of ether oxygens (including phenoxy) is 1. The van der Waals surface area contributed by atoms with Gasteiger partial charge in [-0.25, -0.2) is 0 Å². The molecule has 134 valence electrons. The maximum atomic E-state index is 5.96. The lowest BCUT2D eigenvalue weighted by atomic mass is 9.58. The maximum absolute atomic E-state index is 5.96. The summed E-state index contributed by atoms with van der Waals surface area (Å²) >= 11 is 3.54. The van der Waals surface area contributed by atoms with Crippen LogP contribution in [0.1, 0.15) is 29.8 Å². The molecule has 1 fully saturated rings. The van der Waals surface area contributed by atoms with E-state index in [1.807, 2.05) is 42.2 Å². The molecule has 0 radical (unpaired) electrons. The Kier molecular flexibility index (Phi) is 4.87. The molecule has 0 N–H and O–H groups in total. The lowest BCUT2D eigenvalue weighted by molar-refractivity contribution is 0.0283. The summed E-state index contributed by atoms with van der Waals surface area (Å²) in [5.41, 5.74) is 2.26. The number of nitrogens with zero attached hydrogens (tertiary/aromatic N) is 4. The Labute approximate surface area is 161 Å². The van der Waals surface area contributed by atoms with Crippen LogP contribution in [0.3, 0.4) is 0 Å². The Balaban J connectivity index is 1.47. The van der Waals surface area contributed by atoms with Crippen molar-refractivity contribution < 1.29 is 4.74 Å². The van der Waals surface area contributed by atoms with E-state index in [1.165, 1.54) is 11.1 Å². The molecule has 0 atom stereocenters. The molecule has 6 heteroatoms. The first-order valence-electron chi connectivity index (χ1n) is 8.74. The summed E-state index contributed by atoms with van der Waals surface area (Å²) < 4.78 is 8.96. The van der Waals surface area contributed by atoms with Gasteiger partial charge in [0.25, 0.3) is 0 Å². The topological polar surface area (TPSA) is 52.8 Å². The van der Waals surface area contributed by atoms with Crippen molar-refractivity contribution in [2.24, 2.45) is 13.0 Å². The van der Waals surface area contributed by atoms with Crippen LogP contribution in [0.5, 0.6) is 0 Å². The van der Waals surface area contributed by atoms with E-state index < -0.39 is 0 Å². The second-order valence-electron chi connectivity index (χ2n) is 7.01. The van der Waals surface area contributed by atoms with E-state index in [1.54, 1.807) is 6.33 Å². The highest BCUT2D eigenvalue weighted by atomic mass is 79.9. The molecule has 0 saturated heterocycles. The minimum absolute atomic E-state index is 0.136. The number of halogens is 1. The molecule has 3 aromatic rings. The molecule has 1 aliphatic rings. The average molecular weight is 413 g/mol. The predicted octanol–water partition coefficient (Wildman–Crippen LogP) is 3.89. The highest BCUT2D eigenvalue weighted by molar-refractivity contribution is 9.10. The Bertz CT molecular complexity index is 874. The van der Waals surface area contributed by atoms with Gasteiger partial charge >= 0.3 is 0 Å². The van der Waals surface area contributed by atoms with E-state index in [9.17, 15) is 0 Å². The number of benzene rings is 1. The van der Waals surface area contributed by atoms with Gasteiger partial charge in [-0.3, -0.25) is 4.98 Å². The monoisotopic (exact) mass is 412 g/mol. The van der Waals surface area contributed by atoms with Crippen LogP contribution in [0.15, 0.2) is 59.6 Å². The molecular formula is C20H21BrN4O. The Hall–Kier alpha value is -2.05. The molecule has 2 heterocycles. The van der Waals surface area contributed by atoms with Gasteiger partial charge in [-0.1, -0.05) is 30.3 Å². The first-order chi connectivity index (χ1) is 12.7. The van der Waals surface area contributed by atoms with Crippen LogP contribution < -0.4 is 0 Å². The van der Waals surface area contributed by atoms with Crippen molar-refractivity contribution in [3.8, 4) is 0 Å². The lowest BCUT2D eigenvalue weighted by Crippen LogP contribution is -2.46. The summed E-state index contributed by atoms with van der Waals surface area (Å²) in [5, 5.41) is 8.50. The number of aryl methyl sites for hydroxylation is 1. The van der Waals surface area contributed by atoms with E-state index in [0.717, 1.165) is 29.7 Å². The molecule has 4 rings (SSSR count). The molecule has 0 unspecified atom stereocenters. The van der Waals surface area contributed by atoms with E-state index in [-0.39, 0.29) is 5.41 Å². The number of hydrogen-bond donors (Lipinski definition) is 0. The van der Waals surface area contributed by atoms with Crippen LogP contribution in [-0.2, 0) is 23.8 Å². The van der Waals surface area contributed by atoms with Gasteiger partial charge < -0.3 is 9.30 Å². The lowest BCUT2D eigenvalue weighted by Gasteiger charge is -2.47. The molecule has 0 spiro atoms. The minimum atomic E-state index is -0.136. The first kappa shape index (κ1) is 17.4. The Morgan fingerprint density at radius 2 is 2.04 bits per heavy atom. The molecule has 0 bridgehead atoms. The van der Waals surface area contributed by atoms with Crippen LogP contribution in [0.4, 0.5) is 0 Å². The van der Waals surface area contributed by atoms with Crippen LogP contribution in [0, 0.1) is 5.92 Å². The molecule has 2 aromatic heterocycles. The zero-order valence-electron chi connectivity index (χ0n) is 14.7. The summed E-state index contributed by atoms with van der Waals surface area (Å²) in [6, 6.07) is 12.4. The van der Waals surface area contributed by atoms with Gasteiger partial charge in [-0.05, 0) is 51.9 Å². The molecule has 1 saturated carbocycles. The summed E-state index contributed by atoms with van der Waals surface area (Å²) in [7, 11) is 2.00. The quantitative estimate of drug-likeness (QED) is 0.616. The normalized spacial score (nSPS) is 22.2. The van der Waals surface area contributed by atoms with Crippen molar-refractivity contribution in [1.82, 2.24) is 19.7 Å². The SMILES string of the molecule is Cn1cnnc1C1(c2cncc(Br)c2)CC(COCc2ccccc2)C1. The minimum Gasteiger partial charge on any atom is -0.376 e. The molecular weight excluding hydrogens is 392 g/mol. The van der Waals surface area contributed by atoms with Gasteiger partial charge in [0, 0.05) is 30.5 Å². The molecule has 1 aromatic carbocycles. The second kappa shape index (κ2) is 7.29. The van der Waals surface area contributed by atoms with Crippen LogP contribution in [-0.4, -0.2) is 26.4 Å². The van der Waals surface area contributed by atoms with Gasteiger partial charge in [0.15, 0.2) is 0 Å². The Morgan fingerprint density at radius 1 is 1.23 bits per heavy atom. The average Bonchev–Trinajstić information content (AvgIpc) is 3.04. The maximum Gasteiger partial charge on any atom is 0.143 e. The summed E-state index contributed by atoms with van der Waals surface area (Å²) in [6.45, 7) is 1.42. The van der Waals surface area contributed by atoms with E-state index in [2.05, 4.69) is 49.3 Å². The summed E-state index contributed by atoms with van der Waals surface area (Å²) in [6.07, 6.45) is 7.51. The van der Waals surface area contributed by atoms with E-state index in [4.69, 9.17) is 4.74 Å². The third kappa shape index (κ3) is 3.31. The number of hydrogen-bond acceptors (Lipinski definition) is 4. The van der Waals surface area contributed by atoms with Crippen LogP contribution >= 0.6 is 15.9 Å². The third-order valence-electron chi connectivity index (χ3n) is 5.14.